The number of amides is 2. The molecule has 2 aliphatic heterocycles. The fourth-order valence-electron chi connectivity index (χ4n) is 4.73. The molecule has 1 fully saturated rings. The number of methoxy groups -OCH3 is 1. The summed E-state index contributed by atoms with van der Waals surface area (Å²) in [6, 6.07) is 7.68. The Labute approximate surface area is 189 Å². The Bertz CT molecular complexity index is 1020. The Morgan fingerprint density at radius 3 is 2.78 bits per heavy atom. The number of fused-ring (bicyclic) bond motifs is 1. The van der Waals surface area contributed by atoms with E-state index in [4.69, 9.17) is 14.7 Å². The van der Waals surface area contributed by atoms with Gasteiger partial charge < -0.3 is 9.64 Å². The molecule has 7 heteroatoms. The number of aromatic nitrogens is 2. The zero-order valence-electron chi connectivity index (χ0n) is 19.4. The van der Waals surface area contributed by atoms with E-state index in [2.05, 4.69) is 13.8 Å². The van der Waals surface area contributed by atoms with Gasteiger partial charge in [0.25, 0.3) is 0 Å². The van der Waals surface area contributed by atoms with Crippen LogP contribution in [0.5, 0.6) is 5.75 Å². The third-order valence-electron chi connectivity index (χ3n) is 6.31. The van der Waals surface area contributed by atoms with Crippen LogP contribution < -0.4 is 9.64 Å². The van der Waals surface area contributed by atoms with Gasteiger partial charge in [0.1, 0.15) is 11.6 Å². The van der Waals surface area contributed by atoms with Gasteiger partial charge in [-0.05, 0) is 43.7 Å². The number of benzene rings is 1. The molecule has 1 unspecified atom stereocenters. The summed E-state index contributed by atoms with van der Waals surface area (Å²) in [5, 5.41) is 0. The van der Waals surface area contributed by atoms with Crippen molar-refractivity contribution >= 4 is 17.6 Å². The van der Waals surface area contributed by atoms with Crippen LogP contribution in [0.15, 0.2) is 24.3 Å². The van der Waals surface area contributed by atoms with Gasteiger partial charge in [-0.3, -0.25) is 14.5 Å². The lowest BCUT2D eigenvalue weighted by atomic mass is 10.1. The van der Waals surface area contributed by atoms with Crippen LogP contribution in [0.4, 0.5) is 5.82 Å². The Hall–Kier alpha value is -2.96. The number of anilines is 1. The van der Waals surface area contributed by atoms with Crippen molar-refractivity contribution in [2.75, 3.05) is 25.1 Å². The molecule has 0 radical (unpaired) electrons. The van der Waals surface area contributed by atoms with Gasteiger partial charge in [-0.2, -0.15) is 0 Å². The highest BCUT2D eigenvalue weighted by molar-refractivity contribution is 6.00. The molecule has 32 heavy (non-hydrogen) atoms. The van der Waals surface area contributed by atoms with E-state index >= 15 is 0 Å². The predicted molar refractivity (Wildman–Crippen MR) is 123 cm³/mol. The second-order valence-electron chi connectivity index (χ2n) is 9.10. The highest BCUT2D eigenvalue weighted by Crippen LogP contribution is 2.35. The van der Waals surface area contributed by atoms with Gasteiger partial charge >= 0.3 is 0 Å². The molecule has 170 valence electrons. The maximum atomic E-state index is 13.1. The Balaban J connectivity index is 1.53. The minimum atomic E-state index is -0.138. The maximum Gasteiger partial charge on any atom is 0.232 e. The smallest absolute Gasteiger partial charge is 0.232 e. The summed E-state index contributed by atoms with van der Waals surface area (Å²) in [4.78, 5) is 39.0. The maximum absolute atomic E-state index is 13.1. The summed E-state index contributed by atoms with van der Waals surface area (Å²) in [5.74, 6) is 2.75. The van der Waals surface area contributed by atoms with Crippen molar-refractivity contribution in [2.24, 2.45) is 5.92 Å². The topological polar surface area (TPSA) is 75.6 Å². The third kappa shape index (κ3) is 4.33. The van der Waals surface area contributed by atoms with Crippen molar-refractivity contribution in [3.8, 4) is 5.75 Å². The van der Waals surface area contributed by atoms with E-state index in [0.717, 1.165) is 41.2 Å². The summed E-state index contributed by atoms with van der Waals surface area (Å²) in [6.45, 7) is 7.50. The van der Waals surface area contributed by atoms with E-state index in [0.29, 0.717) is 44.1 Å². The summed E-state index contributed by atoms with van der Waals surface area (Å²) in [7, 11) is 1.65. The number of ether oxygens (including phenoxy) is 1. The molecule has 4 rings (SSSR count). The van der Waals surface area contributed by atoms with Crippen molar-refractivity contribution < 1.29 is 14.3 Å². The van der Waals surface area contributed by atoms with Crippen LogP contribution in [0.3, 0.4) is 0 Å². The number of hydrogen-bond donors (Lipinski definition) is 0. The minimum absolute atomic E-state index is 0.0828. The van der Waals surface area contributed by atoms with Gasteiger partial charge in [0.15, 0.2) is 5.82 Å². The summed E-state index contributed by atoms with van der Waals surface area (Å²) in [5.41, 5.74) is 2.80. The molecule has 2 aliphatic rings. The molecular formula is C25H32N4O3. The molecule has 7 nitrogen and oxygen atoms in total. The third-order valence-corrected chi connectivity index (χ3v) is 6.31. The average molecular weight is 437 g/mol. The van der Waals surface area contributed by atoms with E-state index < -0.39 is 0 Å². The number of carbonyl (C=O) groups excluding carboxylic acids is 2. The van der Waals surface area contributed by atoms with Crippen LogP contribution in [0, 0.1) is 12.8 Å². The molecule has 0 aliphatic carbocycles. The number of para-hydroxylation sites is 1. The second kappa shape index (κ2) is 9.27. The number of carbonyl (C=O) groups is 2. The molecule has 0 saturated carbocycles. The minimum Gasteiger partial charge on any atom is -0.496 e. The first-order chi connectivity index (χ1) is 15.4. The lowest BCUT2D eigenvalue weighted by Gasteiger charge is -2.25. The van der Waals surface area contributed by atoms with Gasteiger partial charge in [0.05, 0.1) is 19.6 Å². The molecule has 0 N–H and O–H groups in total. The normalized spacial score (nSPS) is 17.9. The molecule has 0 bridgehead atoms. The second-order valence-corrected chi connectivity index (χ2v) is 9.10. The van der Waals surface area contributed by atoms with Gasteiger partial charge in [0.2, 0.25) is 11.8 Å². The van der Waals surface area contributed by atoms with Crippen LogP contribution in [0.1, 0.15) is 61.8 Å². The molecule has 3 heterocycles. The predicted octanol–water partition coefficient (Wildman–Crippen LogP) is 3.64. The Morgan fingerprint density at radius 1 is 1.25 bits per heavy atom. The lowest BCUT2D eigenvalue weighted by molar-refractivity contribution is -0.132. The van der Waals surface area contributed by atoms with E-state index in [1.807, 2.05) is 36.1 Å². The fourth-order valence-corrected chi connectivity index (χ4v) is 4.73. The first kappa shape index (κ1) is 22.2. The summed E-state index contributed by atoms with van der Waals surface area (Å²) >= 11 is 0. The number of likely N-dealkylation sites (tertiary alicyclic amines) is 1. The van der Waals surface area contributed by atoms with Gasteiger partial charge in [-0.25, -0.2) is 9.97 Å². The number of hydrogen-bond acceptors (Lipinski definition) is 5. The average Bonchev–Trinajstić information content (AvgIpc) is 3.38. The van der Waals surface area contributed by atoms with Crippen molar-refractivity contribution in [3.05, 3.63) is 46.9 Å². The number of nitrogens with zero attached hydrogens (tertiary/aromatic N) is 4. The van der Waals surface area contributed by atoms with Crippen molar-refractivity contribution in [3.63, 3.8) is 0 Å². The van der Waals surface area contributed by atoms with Gasteiger partial charge in [-0.1, -0.05) is 32.0 Å². The molecule has 2 amide bonds. The molecule has 2 aromatic rings. The van der Waals surface area contributed by atoms with Gasteiger partial charge in [0, 0.05) is 30.8 Å². The monoisotopic (exact) mass is 436 g/mol. The zero-order chi connectivity index (χ0) is 22.8. The Kier molecular flexibility index (Phi) is 6.44. The standard InChI is InChI=1S/C25H32N4O3/c1-16(2)15-29-23(31)14-19-17(3)26-24(27-25(19)29)20-9-7-13-28(20)22(30)12-11-18-8-5-6-10-21(18)32-4/h5-6,8,10,16,20H,7,9,11-15H2,1-4H3. The van der Waals surface area contributed by atoms with Crippen LogP contribution in [0.25, 0.3) is 0 Å². The molecule has 1 aromatic carbocycles. The SMILES string of the molecule is COc1ccccc1CCC(=O)N1CCCC1c1nc(C)c2c(n1)N(CC(C)C)C(=O)C2. The Morgan fingerprint density at radius 2 is 2.03 bits per heavy atom. The van der Waals surface area contributed by atoms with Crippen LogP contribution in [-0.2, 0) is 22.4 Å². The van der Waals surface area contributed by atoms with Gasteiger partial charge in [-0.15, -0.1) is 0 Å². The first-order valence-electron chi connectivity index (χ1n) is 11.5. The molecule has 1 aromatic heterocycles. The van der Waals surface area contributed by atoms with Crippen molar-refractivity contribution in [1.82, 2.24) is 14.9 Å². The lowest BCUT2D eigenvalue weighted by Crippen LogP contribution is -2.33. The largest absolute Gasteiger partial charge is 0.496 e. The molecular weight excluding hydrogens is 404 g/mol. The summed E-state index contributed by atoms with van der Waals surface area (Å²) in [6.07, 6.45) is 3.18. The van der Waals surface area contributed by atoms with Crippen molar-refractivity contribution in [1.29, 1.82) is 0 Å². The van der Waals surface area contributed by atoms with Crippen LogP contribution in [-0.4, -0.2) is 46.9 Å². The zero-order valence-corrected chi connectivity index (χ0v) is 19.4. The molecule has 0 spiro atoms. The molecule has 1 atom stereocenters. The fraction of sp³-hybridized carbons (Fsp3) is 0.520. The highest BCUT2D eigenvalue weighted by atomic mass is 16.5. The van der Waals surface area contributed by atoms with Crippen molar-refractivity contribution in [2.45, 2.75) is 58.9 Å². The van der Waals surface area contributed by atoms with E-state index in [1.54, 1.807) is 12.0 Å². The van der Waals surface area contributed by atoms with E-state index in [9.17, 15) is 9.59 Å². The van der Waals surface area contributed by atoms with E-state index in [-0.39, 0.29) is 17.9 Å². The number of aryl methyl sites for hydroxylation is 2. The first-order valence-corrected chi connectivity index (χ1v) is 11.5. The van der Waals surface area contributed by atoms with Crippen LogP contribution in [0.2, 0.25) is 0 Å². The van der Waals surface area contributed by atoms with E-state index in [1.165, 1.54) is 0 Å². The van der Waals surface area contributed by atoms with Crippen LogP contribution >= 0.6 is 0 Å². The molecule has 1 saturated heterocycles. The summed E-state index contributed by atoms with van der Waals surface area (Å²) < 4.78 is 5.42. The highest BCUT2D eigenvalue weighted by Gasteiger charge is 2.36. The quantitative estimate of drug-likeness (QED) is 0.662. The number of rotatable bonds is 7.